The minimum Gasteiger partial charge on any atom is -0.398 e. The van der Waals surface area contributed by atoms with Crippen LogP contribution in [0.15, 0.2) is 18.2 Å². The summed E-state index contributed by atoms with van der Waals surface area (Å²) in [5.74, 6) is 0.518. The lowest BCUT2D eigenvalue weighted by atomic mass is 10.2. The van der Waals surface area contributed by atoms with Crippen LogP contribution in [0.2, 0.25) is 5.02 Å². The van der Waals surface area contributed by atoms with E-state index in [2.05, 4.69) is 12.2 Å². The Hall–Kier alpha value is -1.22. The summed E-state index contributed by atoms with van der Waals surface area (Å²) in [6, 6.07) is 5.25. The van der Waals surface area contributed by atoms with Crippen molar-refractivity contribution in [1.82, 2.24) is 5.32 Å². The van der Waals surface area contributed by atoms with Crippen LogP contribution in [-0.4, -0.2) is 11.9 Å². The molecular formula is C11H13ClN2O. The molecule has 0 heterocycles. The normalized spacial score (nSPS) is 23.6. The maximum atomic E-state index is 11.7. The second-order valence-corrected chi connectivity index (χ2v) is 4.44. The molecule has 0 aromatic heterocycles. The molecule has 1 aromatic rings. The molecule has 0 saturated heterocycles. The van der Waals surface area contributed by atoms with E-state index in [1.807, 2.05) is 0 Å². The molecule has 2 unspecified atom stereocenters. The van der Waals surface area contributed by atoms with E-state index in [0.29, 0.717) is 28.2 Å². The standard InChI is InChI=1S/C11H13ClN2O/c1-6-4-10(6)14-11(15)7-2-3-9(13)8(12)5-7/h2-3,5-6,10H,4,13H2,1H3,(H,14,15). The van der Waals surface area contributed by atoms with E-state index < -0.39 is 0 Å². The van der Waals surface area contributed by atoms with Gasteiger partial charge in [0.15, 0.2) is 0 Å². The zero-order chi connectivity index (χ0) is 11.0. The summed E-state index contributed by atoms with van der Waals surface area (Å²) in [5.41, 5.74) is 6.62. The number of nitrogen functional groups attached to an aromatic ring is 1. The first kappa shape index (κ1) is 10.3. The predicted octanol–water partition coefficient (Wildman–Crippen LogP) is 2.06. The number of hydrogen-bond acceptors (Lipinski definition) is 2. The number of carbonyl (C=O) groups excluding carboxylic acids is 1. The third-order valence-corrected chi connectivity index (χ3v) is 3.02. The van der Waals surface area contributed by atoms with Gasteiger partial charge in [0.2, 0.25) is 0 Å². The van der Waals surface area contributed by atoms with Gasteiger partial charge in [-0.2, -0.15) is 0 Å². The van der Waals surface area contributed by atoms with Gasteiger partial charge in [0.25, 0.3) is 5.91 Å². The van der Waals surface area contributed by atoms with Crippen LogP contribution < -0.4 is 11.1 Å². The quantitative estimate of drug-likeness (QED) is 0.756. The Labute approximate surface area is 93.6 Å². The van der Waals surface area contributed by atoms with Crippen molar-refractivity contribution >= 4 is 23.2 Å². The Bertz CT molecular complexity index is 406. The van der Waals surface area contributed by atoms with Crippen molar-refractivity contribution in [2.45, 2.75) is 19.4 Å². The zero-order valence-corrected chi connectivity index (χ0v) is 9.21. The molecule has 0 bridgehead atoms. The molecule has 4 heteroatoms. The molecule has 1 amide bonds. The summed E-state index contributed by atoms with van der Waals surface area (Å²) in [7, 11) is 0. The van der Waals surface area contributed by atoms with Gasteiger partial charge < -0.3 is 11.1 Å². The summed E-state index contributed by atoms with van der Waals surface area (Å²) in [4.78, 5) is 11.7. The highest BCUT2D eigenvalue weighted by Gasteiger charge is 2.33. The topological polar surface area (TPSA) is 55.1 Å². The van der Waals surface area contributed by atoms with Crippen molar-refractivity contribution in [2.24, 2.45) is 5.92 Å². The molecule has 0 aliphatic heterocycles. The lowest BCUT2D eigenvalue weighted by Gasteiger charge is -2.05. The van der Waals surface area contributed by atoms with Crippen molar-refractivity contribution < 1.29 is 4.79 Å². The van der Waals surface area contributed by atoms with Crippen molar-refractivity contribution in [3.05, 3.63) is 28.8 Å². The van der Waals surface area contributed by atoms with E-state index >= 15 is 0 Å². The number of halogens is 1. The van der Waals surface area contributed by atoms with E-state index in [1.54, 1.807) is 18.2 Å². The second kappa shape index (κ2) is 3.74. The van der Waals surface area contributed by atoms with Gasteiger partial charge in [-0.05, 0) is 30.5 Å². The molecule has 1 saturated carbocycles. The lowest BCUT2D eigenvalue weighted by Crippen LogP contribution is -2.26. The van der Waals surface area contributed by atoms with Gasteiger partial charge in [0.1, 0.15) is 0 Å². The maximum Gasteiger partial charge on any atom is 0.251 e. The fourth-order valence-corrected chi connectivity index (χ4v) is 1.62. The number of nitrogens with two attached hydrogens (primary N) is 1. The summed E-state index contributed by atoms with van der Waals surface area (Å²) in [6.45, 7) is 2.11. The highest BCUT2D eigenvalue weighted by Crippen LogP contribution is 2.29. The van der Waals surface area contributed by atoms with Gasteiger partial charge in [0, 0.05) is 11.6 Å². The Morgan fingerprint density at radius 1 is 1.60 bits per heavy atom. The highest BCUT2D eigenvalue weighted by molar-refractivity contribution is 6.33. The molecule has 2 atom stereocenters. The van der Waals surface area contributed by atoms with E-state index in [0.717, 1.165) is 6.42 Å². The van der Waals surface area contributed by atoms with Crippen LogP contribution in [0.4, 0.5) is 5.69 Å². The number of carbonyl (C=O) groups is 1. The van der Waals surface area contributed by atoms with E-state index in [9.17, 15) is 4.79 Å². The molecule has 0 radical (unpaired) electrons. The van der Waals surface area contributed by atoms with Crippen molar-refractivity contribution in [3.8, 4) is 0 Å². The van der Waals surface area contributed by atoms with Gasteiger partial charge >= 0.3 is 0 Å². The fourth-order valence-electron chi connectivity index (χ4n) is 1.44. The predicted molar refractivity (Wildman–Crippen MR) is 60.9 cm³/mol. The van der Waals surface area contributed by atoms with Gasteiger partial charge in [0.05, 0.1) is 10.7 Å². The van der Waals surface area contributed by atoms with Crippen LogP contribution in [0.25, 0.3) is 0 Å². The summed E-state index contributed by atoms with van der Waals surface area (Å²) < 4.78 is 0. The van der Waals surface area contributed by atoms with Crippen LogP contribution >= 0.6 is 11.6 Å². The van der Waals surface area contributed by atoms with Crippen LogP contribution in [0.3, 0.4) is 0 Å². The molecule has 1 fully saturated rings. The van der Waals surface area contributed by atoms with Crippen molar-refractivity contribution in [1.29, 1.82) is 0 Å². The number of anilines is 1. The van der Waals surface area contributed by atoms with Gasteiger partial charge in [-0.15, -0.1) is 0 Å². The Morgan fingerprint density at radius 2 is 2.27 bits per heavy atom. The average molecular weight is 225 g/mol. The van der Waals surface area contributed by atoms with Crippen LogP contribution in [0, 0.1) is 5.92 Å². The van der Waals surface area contributed by atoms with Crippen LogP contribution in [-0.2, 0) is 0 Å². The van der Waals surface area contributed by atoms with Crippen molar-refractivity contribution in [2.75, 3.05) is 5.73 Å². The number of rotatable bonds is 2. The van der Waals surface area contributed by atoms with Crippen LogP contribution in [0.1, 0.15) is 23.7 Å². The van der Waals surface area contributed by atoms with Gasteiger partial charge in [-0.3, -0.25) is 4.79 Å². The largest absolute Gasteiger partial charge is 0.398 e. The van der Waals surface area contributed by atoms with Gasteiger partial charge in [-0.1, -0.05) is 18.5 Å². The third-order valence-electron chi connectivity index (χ3n) is 2.69. The second-order valence-electron chi connectivity index (χ2n) is 4.03. The molecule has 1 aliphatic rings. The Kier molecular flexibility index (Phi) is 2.57. The lowest BCUT2D eigenvalue weighted by molar-refractivity contribution is 0.0949. The first-order valence-electron chi connectivity index (χ1n) is 4.94. The Morgan fingerprint density at radius 3 is 2.80 bits per heavy atom. The summed E-state index contributed by atoms with van der Waals surface area (Å²) in [5, 5.41) is 3.35. The first-order valence-corrected chi connectivity index (χ1v) is 5.31. The maximum absolute atomic E-state index is 11.7. The highest BCUT2D eigenvalue weighted by atomic mass is 35.5. The molecule has 0 spiro atoms. The fraction of sp³-hybridized carbons (Fsp3) is 0.364. The summed E-state index contributed by atoms with van der Waals surface area (Å²) in [6.07, 6.45) is 1.06. The average Bonchev–Trinajstić information content (AvgIpc) is 2.86. The minimum atomic E-state index is -0.0775. The Balaban J connectivity index is 2.08. The number of benzene rings is 1. The van der Waals surface area contributed by atoms with E-state index in [4.69, 9.17) is 17.3 Å². The number of amides is 1. The molecule has 15 heavy (non-hydrogen) atoms. The molecular weight excluding hydrogens is 212 g/mol. The monoisotopic (exact) mass is 224 g/mol. The zero-order valence-electron chi connectivity index (χ0n) is 8.46. The molecule has 3 N–H and O–H groups in total. The van der Waals surface area contributed by atoms with E-state index in [1.165, 1.54) is 0 Å². The SMILES string of the molecule is CC1CC1NC(=O)c1ccc(N)c(Cl)c1. The smallest absolute Gasteiger partial charge is 0.251 e. The van der Waals surface area contributed by atoms with Gasteiger partial charge in [-0.25, -0.2) is 0 Å². The molecule has 1 aromatic carbocycles. The first-order chi connectivity index (χ1) is 7.08. The van der Waals surface area contributed by atoms with Crippen LogP contribution in [0.5, 0.6) is 0 Å². The number of nitrogens with one attached hydrogen (secondary N) is 1. The third kappa shape index (κ3) is 2.23. The molecule has 80 valence electrons. The molecule has 3 nitrogen and oxygen atoms in total. The molecule has 1 aliphatic carbocycles. The van der Waals surface area contributed by atoms with E-state index in [-0.39, 0.29) is 5.91 Å². The summed E-state index contributed by atoms with van der Waals surface area (Å²) >= 11 is 5.83. The van der Waals surface area contributed by atoms with Crippen molar-refractivity contribution in [3.63, 3.8) is 0 Å². The minimum absolute atomic E-state index is 0.0775. The number of hydrogen-bond donors (Lipinski definition) is 2. The molecule has 2 rings (SSSR count).